The number of imidazole rings is 1. The lowest BCUT2D eigenvalue weighted by Crippen LogP contribution is -2.51. The van der Waals surface area contributed by atoms with Crippen LogP contribution in [0, 0.1) is 12.8 Å². The number of H-pyrrole nitrogens is 1. The minimum Gasteiger partial charge on any atom is -0.383 e. The summed E-state index contributed by atoms with van der Waals surface area (Å²) < 4.78 is 14.8. The van der Waals surface area contributed by atoms with E-state index < -0.39 is 0 Å². The molecule has 1 saturated heterocycles. The highest BCUT2D eigenvalue weighted by Gasteiger charge is 2.47. The molecule has 35 heavy (non-hydrogen) atoms. The van der Waals surface area contributed by atoms with Crippen molar-refractivity contribution in [1.82, 2.24) is 20.2 Å². The number of benzene rings is 1. The third kappa shape index (κ3) is 8.01. The number of ether oxygens (including phenoxy) is 1. The van der Waals surface area contributed by atoms with Gasteiger partial charge in [0.2, 0.25) is 5.91 Å². The zero-order valence-electron chi connectivity index (χ0n) is 23.3. The van der Waals surface area contributed by atoms with Crippen LogP contribution in [0.15, 0.2) is 18.2 Å². The number of carbonyl (C=O) groups is 1. The minimum absolute atomic E-state index is 0.0195. The van der Waals surface area contributed by atoms with Gasteiger partial charge in [0.15, 0.2) is 0 Å². The molecular weight excluding hydrogens is 443 g/mol. The number of carbonyl (C=O) groups excluding carboxylic acids is 1. The molecule has 1 aliphatic carbocycles. The predicted molar refractivity (Wildman–Crippen MR) is 144 cm³/mol. The first-order valence-electron chi connectivity index (χ1n) is 13.4. The van der Waals surface area contributed by atoms with Gasteiger partial charge in [0.25, 0.3) is 0 Å². The molecule has 0 spiro atoms. The number of nitrogens with one attached hydrogen (secondary N) is 2. The Morgan fingerprint density at radius 3 is 2.49 bits per heavy atom. The smallest absolute Gasteiger partial charge is 0.242 e. The van der Waals surface area contributed by atoms with E-state index in [-0.39, 0.29) is 18.0 Å². The molecule has 4 rings (SSSR count). The van der Waals surface area contributed by atoms with Crippen LogP contribution in [0.5, 0.6) is 0 Å². The second kappa shape index (κ2) is 16.6. The lowest BCUT2D eigenvalue weighted by Gasteiger charge is -2.35. The number of unbranched alkanes of at least 4 members (excludes halogenated alkanes) is 1. The van der Waals surface area contributed by atoms with E-state index in [0.717, 1.165) is 29.7 Å². The molecule has 0 radical (unpaired) electrons. The van der Waals surface area contributed by atoms with Gasteiger partial charge < -0.3 is 19.9 Å². The summed E-state index contributed by atoms with van der Waals surface area (Å²) in [5.41, 5.74) is 3.23. The normalized spacial score (nSPS) is 21.5. The fourth-order valence-electron chi connectivity index (χ4n) is 4.95. The van der Waals surface area contributed by atoms with Gasteiger partial charge in [0.05, 0.1) is 30.9 Å². The van der Waals surface area contributed by atoms with E-state index >= 15 is 0 Å². The zero-order valence-corrected chi connectivity index (χ0v) is 23.3. The van der Waals surface area contributed by atoms with Crippen molar-refractivity contribution in [2.75, 3.05) is 27.9 Å². The van der Waals surface area contributed by atoms with E-state index in [1.807, 2.05) is 20.9 Å². The number of alkyl halides is 1. The molecule has 0 bridgehead atoms. The van der Waals surface area contributed by atoms with Gasteiger partial charge in [-0.05, 0) is 56.8 Å². The molecule has 6 nitrogen and oxygen atoms in total. The molecule has 4 unspecified atom stereocenters. The topological polar surface area (TPSA) is 70.2 Å². The highest BCUT2D eigenvalue weighted by Crippen LogP contribution is 2.46. The van der Waals surface area contributed by atoms with Crippen molar-refractivity contribution in [3.05, 3.63) is 29.6 Å². The van der Waals surface area contributed by atoms with Crippen LogP contribution in [0.1, 0.15) is 90.1 Å². The number of likely N-dealkylation sites (tertiary alicyclic amines) is 1. The van der Waals surface area contributed by atoms with Crippen LogP contribution in [-0.2, 0) is 9.53 Å². The number of aromatic nitrogens is 2. The molecule has 1 aromatic carbocycles. The summed E-state index contributed by atoms with van der Waals surface area (Å²) in [7, 11) is 3.97. The van der Waals surface area contributed by atoms with Gasteiger partial charge >= 0.3 is 0 Å². The Balaban J connectivity index is 0.000000684. The second-order valence-corrected chi connectivity index (χ2v) is 9.05. The van der Waals surface area contributed by atoms with Crippen LogP contribution in [0.25, 0.3) is 11.0 Å². The van der Waals surface area contributed by atoms with Crippen molar-refractivity contribution in [1.29, 1.82) is 0 Å². The minimum atomic E-state index is -0.315. The Labute approximate surface area is 212 Å². The molecule has 2 aliphatic rings. The summed E-state index contributed by atoms with van der Waals surface area (Å²) in [6.45, 7) is 10.8. The number of fused-ring (bicyclic) bond motifs is 2. The molecule has 4 atom stereocenters. The number of hydrogen-bond donors (Lipinski definition) is 2. The van der Waals surface area contributed by atoms with Gasteiger partial charge in [-0.15, -0.1) is 0 Å². The first-order valence-corrected chi connectivity index (χ1v) is 13.4. The van der Waals surface area contributed by atoms with Crippen molar-refractivity contribution in [2.24, 2.45) is 5.92 Å². The summed E-state index contributed by atoms with van der Waals surface area (Å²) in [4.78, 5) is 23.9. The fourth-order valence-corrected chi connectivity index (χ4v) is 4.95. The molecular formula is C28H49FN4O2. The molecule has 1 aromatic heterocycles. The fraction of sp³-hybridized carbons (Fsp3) is 0.714. The summed E-state index contributed by atoms with van der Waals surface area (Å²) in [5, 5.41) is 3.13. The lowest BCUT2D eigenvalue weighted by molar-refractivity contribution is -0.138. The monoisotopic (exact) mass is 492 g/mol. The van der Waals surface area contributed by atoms with Gasteiger partial charge in [0, 0.05) is 13.2 Å². The largest absolute Gasteiger partial charge is 0.383 e. The number of halogens is 1. The predicted octanol–water partition coefficient (Wildman–Crippen LogP) is 6.36. The van der Waals surface area contributed by atoms with Gasteiger partial charge in [-0.2, -0.15) is 0 Å². The molecule has 7 heteroatoms. The highest BCUT2D eigenvalue weighted by molar-refractivity contribution is 5.83. The Hall–Kier alpha value is -1.99. The van der Waals surface area contributed by atoms with E-state index in [1.54, 1.807) is 7.11 Å². The van der Waals surface area contributed by atoms with Crippen molar-refractivity contribution in [2.45, 2.75) is 97.7 Å². The van der Waals surface area contributed by atoms with Gasteiger partial charge in [0.1, 0.15) is 11.9 Å². The number of amides is 1. The summed E-state index contributed by atoms with van der Waals surface area (Å²) in [6, 6.07) is 6.29. The first kappa shape index (κ1) is 31.0. The van der Waals surface area contributed by atoms with E-state index in [1.165, 1.54) is 37.7 Å². The third-order valence-electron chi connectivity index (χ3n) is 6.79. The maximum Gasteiger partial charge on any atom is 0.242 e. The number of aryl methyl sites for hydroxylation is 1. The van der Waals surface area contributed by atoms with Crippen molar-refractivity contribution in [3.8, 4) is 0 Å². The number of aromatic amines is 1. The van der Waals surface area contributed by atoms with Crippen LogP contribution in [0.2, 0.25) is 0 Å². The molecule has 2 aromatic rings. The molecule has 2 N–H and O–H groups in total. The standard InChI is InChI=1S/C21H30N4O2.C4H10.C2H6.CH3F/c1-13-8-9-15-16(10-13)24-20(23-15)19-11-14-6-4-5-7-18(14)25(19)21(26)17(22-2)12-27-3;1-3-4-2;2*1-2/h8-10,14,17-19,22H,4-7,11-12H2,1-3H3,(H,23,24);3-4H2,1-2H3;1-2H3;1H3. The molecule has 200 valence electrons. The Morgan fingerprint density at radius 2 is 1.89 bits per heavy atom. The van der Waals surface area contributed by atoms with Crippen LogP contribution in [0.3, 0.4) is 0 Å². The Kier molecular flexibility index (Phi) is 14.8. The molecule has 1 saturated carbocycles. The SMILES string of the molecule is CC.CCCC.CF.CNC(COC)C(=O)N1C(c2nc3ccc(C)cc3[nH]2)CC2CCCCC21. The van der Waals surface area contributed by atoms with E-state index in [2.05, 4.69) is 54.2 Å². The third-order valence-corrected chi connectivity index (χ3v) is 6.79. The van der Waals surface area contributed by atoms with Crippen molar-refractivity contribution < 1.29 is 13.9 Å². The number of methoxy groups -OCH3 is 1. The van der Waals surface area contributed by atoms with Crippen molar-refractivity contribution in [3.63, 3.8) is 0 Å². The Bertz CT molecular complexity index is 855. The quantitative estimate of drug-likeness (QED) is 0.492. The average Bonchev–Trinajstić information content (AvgIpc) is 3.50. The van der Waals surface area contributed by atoms with E-state index in [0.29, 0.717) is 25.7 Å². The van der Waals surface area contributed by atoms with E-state index in [4.69, 9.17) is 9.72 Å². The van der Waals surface area contributed by atoms with Crippen LogP contribution in [-0.4, -0.2) is 60.8 Å². The van der Waals surface area contributed by atoms with Gasteiger partial charge in [-0.25, -0.2) is 4.98 Å². The van der Waals surface area contributed by atoms with Gasteiger partial charge in [-0.1, -0.05) is 59.4 Å². The van der Waals surface area contributed by atoms with Crippen LogP contribution in [0.4, 0.5) is 4.39 Å². The van der Waals surface area contributed by atoms with Crippen LogP contribution >= 0.6 is 0 Å². The van der Waals surface area contributed by atoms with Gasteiger partial charge in [-0.3, -0.25) is 9.18 Å². The molecule has 2 heterocycles. The maximum atomic E-state index is 13.4. The lowest BCUT2D eigenvalue weighted by atomic mass is 9.84. The number of likely N-dealkylation sites (N-methyl/N-ethyl adjacent to an activating group) is 1. The average molecular weight is 493 g/mol. The van der Waals surface area contributed by atoms with Crippen molar-refractivity contribution >= 4 is 16.9 Å². The van der Waals surface area contributed by atoms with E-state index in [9.17, 15) is 9.18 Å². The zero-order chi connectivity index (χ0) is 26.4. The summed E-state index contributed by atoms with van der Waals surface area (Å²) >= 11 is 0. The Morgan fingerprint density at radius 1 is 1.23 bits per heavy atom. The molecule has 2 fully saturated rings. The second-order valence-electron chi connectivity index (χ2n) is 9.05. The maximum absolute atomic E-state index is 13.4. The summed E-state index contributed by atoms with van der Waals surface area (Å²) in [6.07, 6.45) is 8.40. The molecule has 1 aliphatic heterocycles. The molecule has 1 amide bonds. The highest BCUT2D eigenvalue weighted by atomic mass is 19.1. The summed E-state index contributed by atoms with van der Waals surface area (Å²) in [5.74, 6) is 1.63. The number of nitrogens with zero attached hydrogens (tertiary/aromatic N) is 2. The number of rotatable bonds is 6. The number of hydrogen-bond acceptors (Lipinski definition) is 4. The van der Waals surface area contributed by atoms with Crippen LogP contribution < -0.4 is 5.32 Å². The first-order chi connectivity index (χ1) is 17.0.